The van der Waals surface area contributed by atoms with Crippen LogP contribution in [0.5, 0.6) is 11.6 Å². The molecule has 1 heterocycles. The maximum atomic E-state index is 6.03. The molecule has 0 spiro atoms. The number of aromatic nitrogens is 2. The lowest BCUT2D eigenvalue weighted by Gasteiger charge is -2.08. The Balaban J connectivity index is 2.18. The lowest BCUT2D eigenvalue weighted by Crippen LogP contribution is -2.02. The van der Waals surface area contributed by atoms with Gasteiger partial charge in [0.2, 0.25) is 11.8 Å². The molecule has 2 rings (SSSR count). The van der Waals surface area contributed by atoms with E-state index in [2.05, 4.69) is 22.2 Å². The van der Waals surface area contributed by atoms with Gasteiger partial charge in [0, 0.05) is 6.54 Å². The summed E-state index contributed by atoms with van der Waals surface area (Å²) >= 11 is 6.03. The van der Waals surface area contributed by atoms with Crippen LogP contribution in [0.2, 0.25) is 5.02 Å². The molecule has 0 saturated heterocycles. The molecule has 0 saturated carbocycles. The third kappa shape index (κ3) is 3.58. The second kappa shape index (κ2) is 6.38. The van der Waals surface area contributed by atoms with Crippen molar-refractivity contribution in [3.05, 3.63) is 41.0 Å². The summed E-state index contributed by atoms with van der Waals surface area (Å²) in [5.41, 5.74) is 1.26. The quantitative estimate of drug-likeness (QED) is 0.900. The highest BCUT2D eigenvalue weighted by Crippen LogP contribution is 2.27. The van der Waals surface area contributed by atoms with Gasteiger partial charge in [0.1, 0.15) is 10.8 Å². The Morgan fingerprint density at radius 1 is 1.21 bits per heavy atom. The molecule has 2 aromatic rings. The van der Waals surface area contributed by atoms with E-state index in [0.29, 0.717) is 22.6 Å². The fourth-order valence-electron chi connectivity index (χ4n) is 1.57. The van der Waals surface area contributed by atoms with Gasteiger partial charge < -0.3 is 10.1 Å². The van der Waals surface area contributed by atoms with Crippen molar-refractivity contribution in [3.8, 4) is 11.6 Å². The minimum absolute atomic E-state index is 0.358. The van der Waals surface area contributed by atoms with Crippen molar-refractivity contribution < 1.29 is 4.74 Å². The van der Waals surface area contributed by atoms with E-state index in [0.717, 1.165) is 13.0 Å². The molecule has 1 aromatic heterocycles. The third-order valence-corrected chi connectivity index (χ3v) is 2.85. The molecule has 100 valence electrons. The standard InChI is InChI=1S/C14H16ClN3O/c1-3-10-5-7-11(8-6-10)19-13-12(15)9-17-14(18-13)16-4-2/h5-9H,3-4H2,1-2H3,(H,16,17,18). The number of anilines is 1. The largest absolute Gasteiger partial charge is 0.437 e. The van der Waals surface area contributed by atoms with Crippen LogP contribution in [0.4, 0.5) is 5.95 Å². The predicted molar refractivity (Wildman–Crippen MR) is 77.1 cm³/mol. The number of hydrogen-bond acceptors (Lipinski definition) is 4. The van der Waals surface area contributed by atoms with Gasteiger partial charge in [-0.2, -0.15) is 4.98 Å². The molecule has 0 atom stereocenters. The summed E-state index contributed by atoms with van der Waals surface area (Å²) in [6, 6.07) is 7.86. The molecule has 0 fully saturated rings. The molecule has 5 heteroatoms. The first-order valence-corrected chi connectivity index (χ1v) is 6.64. The van der Waals surface area contributed by atoms with E-state index in [1.54, 1.807) is 0 Å². The molecule has 1 N–H and O–H groups in total. The van der Waals surface area contributed by atoms with E-state index in [9.17, 15) is 0 Å². The van der Waals surface area contributed by atoms with E-state index in [1.807, 2.05) is 31.2 Å². The molecular formula is C14H16ClN3O. The summed E-state index contributed by atoms with van der Waals surface area (Å²) in [7, 11) is 0. The van der Waals surface area contributed by atoms with Crippen LogP contribution < -0.4 is 10.1 Å². The zero-order chi connectivity index (χ0) is 13.7. The van der Waals surface area contributed by atoms with Crippen molar-refractivity contribution in [2.75, 3.05) is 11.9 Å². The molecule has 0 aliphatic heterocycles. The number of ether oxygens (including phenoxy) is 1. The Morgan fingerprint density at radius 3 is 2.58 bits per heavy atom. The number of nitrogens with one attached hydrogen (secondary N) is 1. The van der Waals surface area contributed by atoms with Crippen LogP contribution in [0.3, 0.4) is 0 Å². The summed E-state index contributed by atoms with van der Waals surface area (Å²) in [4.78, 5) is 8.29. The molecule has 1 aromatic carbocycles. The summed E-state index contributed by atoms with van der Waals surface area (Å²) in [6.07, 6.45) is 2.53. The third-order valence-electron chi connectivity index (χ3n) is 2.59. The second-order valence-electron chi connectivity index (χ2n) is 3.98. The molecule has 0 aliphatic carbocycles. The van der Waals surface area contributed by atoms with Crippen molar-refractivity contribution in [1.82, 2.24) is 9.97 Å². The molecular weight excluding hydrogens is 262 g/mol. The molecule has 0 unspecified atom stereocenters. The van der Waals surface area contributed by atoms with Crippen LogP contribution >= 0.6 is 11.6 Å². The number of nitrogens with zero attached hydrogens (tertiary/aromatic N) is 2. The first kappa shape index (κ1) is 13.6. The van der Waals surface area contributed by atoms with Gasteiger partial charge >= 0.3 is 0 Å². The summed E-state index contributed by atoms with van der Waals surface area (Å²) in [5.74, 6) is 1.57. The first-order valence-electron chi connectivity index (χ1n) is 6.26. The SMILES string of the molecule is CCNc1ncc(Cl)c(Oc2ccc(CC)cc2)n1. The molecule has 0 bridgehead atoms. The van der Waals surface area contributed by atoms with Crippen molar-refractivity contribution >= 4 is 17.5 Å². The Labute approximate surface area is 117 Å². The zero-order valence-corrected chi connectivity index (χ0v) is 11.7. The Hall–Kier alpha value is -1.81. The van der Waals surface area contributed by atoms with Crippen LogP contribution in [0.15, 0.2) is 30.5 Å². The van der Waals surface area contributed by atoms with E-state index in [-0.39, 0.29) is 0 Å². The Morgan fingerprint density at radius 2 is 1.95 bits per heavy atom. The van der Waals surface area contributed by atoms with Crippen LogP contribution in [0.25, 0.3) is 0 Å². The van der Waals surface area contributed by atoms with Gasteiger partial charge in [-0.05, 0) is 31.0 Å². The van der Waals surface area contributed by atoms with Crippen molar-refractivity contribution in [1.29, 1.82) is 0 Å². The highest BCUT2D eigenvalue weighted by molar-refractivity contribution is 6.31. The average Bonchev–Trinajstić information content (AvgIpc) is 2.44. The number of benzene rings is 1. The van der Waals surface area contributed by atoms with Gasteiger partial charge in [0.15, 0.2) is 0 Å². The Kier molecular flexibility index (Phi) is 4.58. The van der Waals surface area contributed by atoms with E-state index >= 15 is 0 Å². The Bertz CT molecular complexity index is 543. The number of rotatable bonds is 5. The normalized spacial score (nSPS) is 10.3. The lowest BCUT2D eigenvalue weighted by atomic mass is 10.2. The van der Waals surface area contributed by atoms with Gasteiger partial charge in [0.25, 0.3) is 0 Å². The van der Waals surface area contributed by atoms with E-state index in [4.69, 9.17) is 16.3 Å². The second-order valence-corrected chi connectivity index (χ2v) is 4.38. The van der Waals surface area contributed by atoms with Crippen molar-refractivity contribution in [2.45, 2.75) is 20.3 Å². The zero-order valence-electron chi connectivity index (χ0n) is 11.0. The number of halogens is 1. The monoisotopic (exact) mass is 277 g/mol. The fraction of sp³-hybridized carbons (Fsp3) is 0.286. The van der Waals surface area contributed by atoms with Gasteiger partial charge in [-0.1, -0.05) is 30.7 Å². The van der Waals surface area contributed by atoms with Crippen LogP contribution in [-0.4, -0.2) is 16.5 Å². The summed E-state index contributed by atoms with van der Waals surface area (Å²) < 4.78 is 5.67. The molecule has 4 nitrogen and oxygen atoms in total. The number of aryl methyl sites for hydroxylation is 1. The highest BCUT2D eigenvalue weighted by Gasteiger charge is 2.07. The van der Waals surface area contributed by atoms with Crippen LogP contribution in [-0.2, 0) is 6.42 Å². The summed E-state index contributed by atoms with van der Waals surface area (Å²) in [6.45, 7) is 4.83. The fourth-order valence-corrected chi connectivity index (χ4v) is 1.70. The maximum Gasteiger partial charge on any atom is 0.243 e. The van der Waals surface area contributed by atoms with Crippen molar-refractivity contribution in [3.63, 3.8) is 0 Å². The minimum atomic E-state index is 0.358. The minimum Gasteiger partial charge on any atom is -0.437 e. The van der Waals surface area contributed by atoms with Gasteiger partial charge in [-0.25, -0.2) is 4.98 Å². The van der Waals surface area contributed by atoms with Gasteiger partial charge in [0.05, 0.1) is 6.20 Å². The van der Waals surface area contributed by atoms with E-state index in [1.165, 1.54) is 11.8 Å². The smallest absolute Gasteiger partial charge is 0.243 e. The maximum absolute atomic E-state index is 6.03. The van der Waals surface area contributed by atoms with Gasteiger partial charge in [-0.15, -0.1) is 0 Å². The number of hydrogen-bond donors (Lipinski definition) is 1. The molecule has 0 radical (unpaired) electrons. The van der Waals surface area contributed by atoms with E-state index < -0.39 is 0 Å². The predicted octanol–water partition coefficient (Wildman–Crippen LogP) is 3.92. The van der Waals surface area contributed by atoms with Crippen LogP contribution in [0.1, 0.15) is 19.4 Å². The van der Waals surface area contributed by atoms with Gasteiger partial charge in [-0.3, -0.25) is 0 Å². The highest BCUT2D eigenvalue weighted by atomic mass is 35.5. The lowest BCUT2D eigenvalue weighted by molar-refractivity contribution is 0.462. The van der Waals surface area contributed by atoms with Crippen LogP contribution in [0, 0.1) is 0 Å². The summed E-state index contributed by atoms with van der Waals surface area (Å²) in [5, 5.41) is 3.41. The molecule has 19 heavy (non-hydrogen) atoms. The molecule has 0 aliphatic rings. The topological polar surface area (TPSA) is 47.0 Å². The van der Waals surface area contributed by atoms with Crippen molar-refractivity contribution in [2.24, 2.45) is 0 Å². The average molecular weight is 278 g/mol. The first-order chi connectivity index (χ1) is 9.22. The molecule has 0 amide bonds.